The molecule has 2 aliphatic rings. The van der Waals surface area contributed by atoms with Crippen LogP contribution in [0.5, 0.6) is 23.0 Å². The molecule has 2 N–H and O–H groups in total. The van der Waals surface area contributed by atoms with Gasteiger partial charge in [-0.25, -0.2) is 0 Å². The molecule has 0 fully saturated rings. The van der Waals surface area contributed by atoms with Gasteiger partial charge in [0.15, 0.2) is 17.3 Å². The summed E-state index contributed by atoms with van der Waals surface area (Å²) in [6.45, 7) is 1.87. The topological polar surface area (TPSA) is 103 Å². The summed E-state index contributed by atoms with van der Waals surface area (Å²) >= 11 is 0. The molecule has 1 aliphatic heterocycles. The van der Waals surface area contributed by atoms with Crippen LogP contribution in [0, 0.1) is 6.92 Å². The summed E-state index contributed by atoms with van der Waals surface area (Å²) in [7, 11) is 4.69. The highest BCUT2D eigenvalue weighted by Gasteiger charge is 2.41. The van der Waals surface area contributed by atoms with Gasteiger partial charge >= 0.3 is 0 Å². The molecule has 34 heavy (non-hydrogen) atoms. The van der Waals surface area contributed by atoms with Crippen molar-refractivity contribution in [1.82, 2.24) is 5.16 Å². The Morgan fingerprint density at radius 1 is 1.00 bits per heavy atom. The van der Waals surface area contributed by atoms with E-state index in [9.17, 15) is 9.90 Å². The van der Waals surface area contributed by atoms with Crippen molar-refractivity contribution < 1.29 is 28.6 Å². The first-order valence-corrected chi connectivity index (χ1v) is 11.0. The molecule has 0 unspecified atom stereocenters. The molecule has 8 nitrogen and oxygen atoms in total. The van der Waals surface area contributed by atoms with Gasteiger partial charge in [0.1, 0.15) is 5.75 Å². The number of aromatic nitrogens is 1. The Kier molecular flexibility index (Phi) is 5.43. The Balaban J connectivity index is 1.65. The monoisotopic (exact) mass is 462 g/mol. The van der Waals surface area contributed by atoms with Crippen molar-refractivity contribution in [3.05, 3.63) is 70.1 Å². The van der Waals surface area contributed by atoms with E-state index >= 15 is 0 Å². The number of nitrogens with zero attached hydrogens (tertiary/aromatic N) is 1. The van der Waals surface area contributed by atoms with Gasteiger partial charge < -0.3 is 29.2 Å². The first-order valence-electron chi connectivity index (χ1n) is 11.0. The van der Waals surface area contributed by atoms with Crippen molar-refractivity contribution in [2.24, 2.45) is 0 Å². The molecule has 0 amide bonds. The molecular weight excluding hydrogens is 436 g/mol. The maximum atomic E-state index is 13.7. The number of Topliss-reactive ketones (excluding diaryl/α,β-unsaturated/α-hetero) is 1. The fourth-order valence-electron chi connectivity index (χ4n) is 5.06. The highest BCUT2D eigenvalue weighted by Crippen LogP contribution is 2.51. The molecule has 0 radical (unpaired) electrons. The maximum Gasteiger partial charge on any atom is 0.233 e. The van der Waals surface area contributed by atoms with Crippen LogP contribution >= 0.6 is 0 Å². The predicted molar refractivity (Wildman–Crippen MR) is 125 cm³/mol. The minimum absolute atomic E-state index is 0.00879. The van der Waals surface area contributed by atoms with Crippen molar-refractivity contribution in [3.63, 3.8) is 0 Å². The van der Waals surface area contributed by atoms with Crippen molar-refractivity contribution in [3.8, 4) is 23.0 Å². The number of benzene rings is 2. The Bertz CT molecular complexity index is 1270. The number of rotatable bonds is 5. The number of ketones is 1. The van der Waals surface area contributed by atoms with Crippen LogP contribution in [0.3, 0.4) is 0 Å². The number of hydrogen-bond donors (Lipinski definition) is 2. The highest BCUT2D eigenvalue weighted by atomic mass is 16.5. The molecule has 2 heterocycles. The molecule has 2 aromatic carbocycles. The van der Waals surface area contributed by atoms with Gasteiger partial charge in [0.25, 0.3) is 0 Å². The van der Waals surface area contributed by atoms with Crippen LogP contribution in [0.4, 0.5) is 5.88 Å². The predicted octanol–water partition coefficient (Wildman–Crippen LogP) is 4.67. The van der Waals surface area contributed by atoms with Gasteiger partial charge in [-0.2, -0.15) is 0 Å². The van der Waals surface area contributed by atoms with Crippen molar-refractivity contribution in [2.75, 3.05) is 26.6 Å². The number of phenolic OH excluding ortho intramolecular Hbond substituents is 1. The van der Waals surface area contributed by atoms with Crippen molar-refractivity contribution in [1.29, 1.82) is 0 Å². The molecule has 3 aromatic rings. The highest BCUT2D eigenvalue weighted by molar-refractivity contribution is 6.01. The Morgan fingerprint density at radius 2 is 1.68 bits per heavy atom. The second-order valence-electron chi connectivity index (χ2n) is 8.54. The largest absolute Gasteiger partial charge is 0.508 e. The van der Waals surface area contributed by atoms with E-state index in [2.05, 4.69) is 10.5 Å². The third kappa shape index (κ3) is 3.46. The van der Waals surface area contributed by atoms with Crippen LogP contribution in [0.25, 0.3) is 0 Å². The van der Waals surface area contributed by atoms with Crippen LogP contribution in [-0.4, -0.2) is 37.4 Å². The van der Waals surface area contributed by atoms with Crippen LogP contribution in [0.1, 0.15) is 47.1 Å². The first-order chi connectivity index (χ1) is 16.4. The van der Waals surface area contributed by atoms with Gasteiger partial charge in [-0.15, -0.1) is 0 Å². The van der Waals surface area contributed by atoms with E-state index in [0.29, 0.717) is 47.2 Å². The molecule has 0 saturated carbocycles. The molecule has 0 saturated heterocycles. The van der Waals surface area contributed by atoms with Gasteiger partial charge in [-0.3, -0.25) is 4.79 Å². The van der Waals surface area contributed by atoms with Gasteiger partial charge in [0.05, 0.1) is 32.6 Å². The fraction of sp³-hybridized carbons (Fsp3) is 0.308. The van der Waals surface area contributed by atoms with Gasteiger partial charge in [-0.05, 0) is 54.7 Å². The zero-order chi connectivity index (χ0) is 24.0. The number of nitrogens with one attached hydrogen (secondary N) is 1. The summed E-state index contributed by atoms with van der Waals surface area (Å²) in [5.41, 5.74) is 4.88. The molecule has 1 aromatic heterocycles. The fourth-order valence-corrected chi connectivity index (χ4v) is 5.06. The number of phenols is 1. The number of allylic oxidation sites excluding steroid dienone is 2. The van der Waals surface area contributed by atoms with Crippen LogP contribution in [0.15, 0.2) is 52.2 Å². The summed E-state index contributed by atoms with van der Waals surface area (Å²) in [6, 6.07) is 10.8. The number of ether oxygens (including phenoxy) is 3. The number of hydrogen-bond acceptors (Lipinski definition) is 8. The number of fused-ring (bicyclic) bond motifs is 1. The Morgan fingerprint density at radius 3 is 2.29 bits per heavy atom. The van der Waals surface area contributed by atoms with Gasteiger partial charge in [0, 0.05) is 23.6 Å². The quantitative estimate of drug-likeness (QED) is 0.564. The minimum atomic E-state index is -0.389. The molecule has 2 atom stereocenters. The number of aryl methyl sites for hydroxylation is 1. The lowest BCUT2D eigenvalue weighted by Crippen LogP contribution is -2.29. The summed E-state index contributed by atoms with van der Waals surface area (Å²) in [5, 5.41) is 17.2. The molecule has 1 aliphatic carbocycles. The summed E-state index contributed by atoms with van der Waals surface area (Å²) in [5.74, 6) is 1.90. The lowest BCUT2D eigenvalue weighted by Gasteiger charge is -2.34. The summed E-state index contributed by atoms with van der Waals surface area (Å²) in [6.07, 6.45) is 0.998. The van der Waals surface area contributed by atoms with Crippen molar-refractivity contribution in [2.45, 2.75) is 31.6 Å². The molecule has 176 valence electrons. The second kappa shape index (κ2) is 8.44. The number of methoxy groups -OCH3 is 3. The average Bonchev–Trinajstić information content (AvgIpc) is 3.22. The SMILES string of the molecule is COc1cc([C@H]2C3=C(C[C@@H](c4ccc(O)cc4)CC3=O)Nc3onc(C)c32)cc(OC)c1OC. The first kappa shape index (κ1) is 21.9. The van der Waals surface area contributed by atoms with Crippen molar-refractivity contribution >= 4 is 11.7 Å². The van der Waals surface area contributed by atoms with E-state index in [1.807, 2.05) is 31.2 Å². The third-order valence-corrected chi connectivity index (χ3v) is 6.64. The van der Waals surface area contributed by atoms with Crippen LogP contribution in [0.2, 0.25) is 0 Å². The number of anilines is 1. The summed E-state index contributed by atoms with van der Waals surface area (Å²) in [4.78, 5) is 13.7. The number of carbonyl (C=O) groups excluding carboxylic acids is 1. The standard InChI is InChI=1S/C26H26N2O6/c1-13-22-23(16-11-20(31-2)25(33-4)21(12-16)32-3)24-18(27-26(22)34-28-13)9-15(10-19(24)30)14-5-7-17(29)8-6-14/h5-8,11-12,15,23,27,29H,9-10H2,1-4H3/t15-,23-/m1/s1. The Labute approximate surface area is 197 Å². The smallest absolute Gasteiger partial charge is 0.233 e. The van der Waals surface area contributed by atoms with E-state index in [4.69, 9.17) is 18.7 Å². The number of aromatic hydroxyl groups is 1. The molecule has 0 bridgehead atoms. The van der Waals surface area contributed by atoms with E-state index in [0.717, 1.165) is 22.4 Å². The second-order valence-corrected chi connectivity index (χ2v) is 8.54. The van der Waals surface area contributed by atoms with Crippen LogP contribution in [-0.2, 0) is 4.79 Å². The average molecular weight is 463 g/mol. The zero-order valence-electron chi connectivity index (χ0n) is 19.5. The zero-order valence-corrected chi connectivity index (χ0v) is 19.5. The number of carbonyl (C=O) groups is 1. The van der Waals surface area contributed by atoms with E-state index < -0.39 is 0 Å². The molecule has 0 spiro atoms. The van der Waals surface area contributed by atoms with Crippen LogP contribution < -0.4 is 19.5 Å². The lowest BCUT2D eigenvalue weighted by molar-refractivity contribution is -0.116. The molecular formula is C26H26N2O6. The van der Waals surface area contributed by atoms with Gasteiger partial charge in [-0.1, -0.05) is 17.3 Å². The van der Waals surface area contributed by atoms with E-state index in [1.54, 1.807) is 33.5 Å². The summed E-state index contributed by atoms with van der Waals surface area (Å²) < 4.78 is 22.3. The van der Waals surface area contributed by atoms with E-state index in [-0.39, 0.29) is 23.4 Å². The minimum Gasteiger partial charge on any atom is -0.508 e. The normalized spacial score (nSPS) is 19.2. The third-order valence-electron chi connectivity index (χ3n) is 6.64. The molecule has 8 heteroatoms. The molecule has 5 rings (SSSR count). The van der Waals surface area contributed by atoms with Gasteiger partial charge in [0.2, 0.25) is 11.6 Å². The maximum absolute atomic E-state index is 13.7. The van der Waals surface area contributed by atoms with E-state index in [1.165, 1.54) is 0 Å². The lowest BCUT2D eigenvalue weighted by atomic mass is 9.72. The Hall–Kier alpha value is -3.94.